The highest BCUT2D eigenvalue weighted by atomic mass is 32.2. The number of hydrogen-bond acceptors (Lipinski definition) is 2. The van der Waals surface area contributed by atoms with Crippen LogP contribution in [0.15, 0.2) is 35.2 Å². The number of anilines is 1. The second-order valence-corrected chi connectivity index (χ2v) is 7.31. The third-order valence-electron chi connectivity index (χ3n) is 3.70. The molecule has 21 heavy (non-hydrogen) atoms. The van der Waals surface area contributed by atoms with Gasteiger partial charge in [0.15, 0.2) is 0 Å². The highest BCUT2D eigenvalue weighted by molar-refractivity contribution is 7.92. The Balaban J connectivity index is 2.44. The van der Waals surface area contributed by atoms with Crippen LogP contribution in [0.2, 0.25) is 0 Å². The van der Waals surface area contributed by atoms with E-state index in [1.807, 2.05) is 52.8 Å². The van der Waals surface area contributed by atoms with Crippen molar-refractivity contribution < 1.29 is 8.42 Å². The SMILES string of the molecule is Cc1cc(C)c(NS(=O)(=O)c2ccc(C)c(C)c2)c(C)c1. The van der Waals surface area contributed by atoms with Gasteiger partial charge in [0.05, 0.1) is 10.6 Å². The van der Waals surface area contributed by atoms with E-state index in [0.29, 0.717) is 10.6 Å². The molecular weight excluding hydrogens is 282 g/mol. The second kappa shape index (κ2) is 5.53. The second-order valence-electron chi connectivity index (χ2n) is 5.63. The molecule has 0 amide bonds. The number of nitrogens with one attached hydrogen (secondary N) is 1. The first-order valence-corrected chi connectivity index (χ1v) is 8.37. The molecule has 0 bridgehead atoms. The van der Waals surface area contributed by atoms with Crippen LogP contribution < -0.4 is 4.72 Å². The Morgan fingerprint density at radius 1 is 0.762 bits per heavy atom. The summed E-state index contributed by atoms with van der Waals surface area (Å²) in [6.45, 7) is 9.71. The highest BCUT2D eigenvalue weighted by Gasteiger charge is 2.17. The lowest BCUT2D eigenvalue weighted by atomic mass is 10.1. The lowest BCUT2D eigenvalue weighted by Crippen LogP contribution is -2.15. The lowest BCUT2D eigenvalue weighted by molar-refractivity contribution is 0.601. The number of aryl methyl sites for hydroxylation is 5. The van der Waals surface area contributed by atoms with Crippen LogP contribution in [0.5, 0.6) is 0 Å². The van der Waals surface area contributed by atoms with Crippen molar-refractivity contribution in [1.29, 1.82) is 0 Å². The molecule has 0 spiro atoms. The Morgan fingerprint density at radius 2 is 1.33 bits per heavy atom. The predicted molar refractivity (Wildman–Crippen MR) is 87.4 cm³/mol. The summed E-state index contributed by atoms with van der Waals surface area (Å²) in [5.41, 5.74) is 5.70. The fraction of sp³-hybridized carbons (Fsp3) is 0.294. The topological polar surface area (TPSA) is 46.2 Å². The van der Waals surface area contributed by atoms with Crippen LogP contribution in [-0.2, 0) is 10.0 Å². The van der Waals surface area contributed by atoms with Gasteiger partial charge in [-0.25, -0.2) is 8.42 Å². The van der Waals surface area contributed by atoms with Crippen LogP contribution in [-0.4, -0.2) is 8.42 Å². The Morgan fingerprint density at radius 3 is 1.86 bits per heavy atom. The summed E-state index contributed by atoms with van der Waals surface area (Å²) in [5.74, 6) is 0. The number of rotatable bonds is 3. The van der Waals surface area contributed by atoms with Crippen LogP contribution in [0.1, 0.15) is 27.8 Å². The molecule has 112 valence electrons. The summed E-state index contributed by atoms with van der Waals surface area (Å²) < 4.78 is 27.8. The fourth-order valence-corrected chi connectivity index (χ4v) is 3.70. The quantitative estimate of drug-likeness (QED) is 0.930. The minimum absolute atomic E-state index is 0.296. The Hall–Kier alpha value is -1.81. The van der Waals surface area contributed by atoms with Crippen molar-refractivity contribution in [2.75, 3.05) is 4.72 Å². The molecule has 2 aromatic carbocycles. The number of hydrogen-bond donors (Lipinski definition) is 1. The van der Waals surface area contributed by atoms with Gasteiger partial charge in [0, 0.05) is 0 Å². The first kappa shape index (κ1) is 15.6. The van der Waals surface area contributed by atoms with Crippen LogP contribution in [0.3, 0.4) is 0 Å². The van der Waals surface area contributed by atoms with Crippen molar-refractivity contribution in [1.82, 2.24) is 0 Å². The average Bonchev–Trinajstić information content (AvgIpc) is 2.37. The first-order valence-electron chi connectivity index (χ1n) is 6.88. The van der Waals surface area contributed by atoms with Gasteiger partial charge in [0.1, 0.15) is 0 Å². The van der Waals surface area contributed by atoms with E-state index in [1.165, 1.54) is 0 Å². The molecule has 0 radical (unpaired) electrons. The van der Waals surface area contributed by atoms with E-state index >= 15 is 0 Å². The van der Waals surface area contributed by atoms with Crippen LogP contribution >= 0.6 is 0 Å². The van der Waals surface area contributed by atoms with Crippen molar-refractivity contribution in [2.45, 2.75) is 39.5 Å². The molecule has 0 aromatic heterocycles. The molecule has 0 fully saturated rings. The van der Waals surface area contributed by atoms with E-state index in [-0.39, 0.29) is 0 Å². The summed E-state index contributed by atoms with van der Waals surface area (Å²) in [7, 11) is -3.56. The van der Waals surface area contributed by atoms with Gasteiger partial charge >= 0.3 is 0 Å². The maximum absolute atomic E-state index is 12.5. The minimum Gasteiger partial charge on any atom is -0.279 e. The largest absolute Gasteiger partial charge is 0.279 e. The molecule has 0 aliphatic carbocycles. The van der Waals surface area contributed by atoms with Gasteiger partial charge in [-0.05, 0) is 69.0 Å². The Kier molecular flexibility index (Phi) is 4.10. The van der Waals surface area contributed by atoms with Gasteiger partial charge in [-0.2, -0.15) is 0 Å². The molecule has 0 unspecified atom stereocenters. The summed E-state index contributed by atoms with van der Waals surface area (Å²) in [6, 6.07) is 9.13. The molecular formula is C17H21NO2S. The van der Waals surface area contributed by atoms with Gasteiger partial charge in [0.25, 0.3) is 10.0 Å². The third kappa shape index (κ3) is 3.27. The highest BCUT2D eigenvalue weighted by Crippen LogP contribution is 2.25. The van der Waals surface area contributed by atoms with Gasteiger partial charge in [-0.15, -0.1) is 0 Å². The maximum atomic E-state index is 12.5. The van der Waals surface area contributed by atoms with Crippen LogP contribution in [0.25, 0.3) is 0 Å². The van der Waals surface area contributed by atoms with Crippen LogP contribution in [0.4, 0.5) is 5.69 Å². The molecule has 0 saturated heterocycles. The van der Waals surface area contributed by atoms with Gasteiger partial charge in [-0.1, -0.05) is 23.8 Å². The molecule has 0 atom stereocenters. The van der Waals surface area contributed by atoms with E-state index in [0.717, 1.165) is 27.8 Å². The molecule has 1 N–H and O–H groups in total. The van der Waals surface area contributed by atoms with Gasteiger partial charge < -0.3 is 0 Å². The molecule has 0 aliphatic heterocycles. The monoisotopic (exact) mass is 303 g/mol. The van der Waals surface area contributed by atoms with Crippen molar-refractivity contribution in [3.05, 3.63) is 58.1 Å². The first-order chi connectivity index (χ1) is 9.70. The zero-order valence-corrected chi connectivity index (χ0v) is 13.9. The van der Waals surface area contributed by atoms with E-state index in [1.54, 1.807) is 12.1 Å². The lowest BCUT2D eigenvalue weighted by Gasteiger charge is -2.15. The van der Waals surface area contributed by atoms with E-state index < -0.39 is 10.0 Å². The standard InChI is InChI=1S/C17H21NO2S/c1-11-8-14(4)17(15(5)9-11)18-21(19,20)16-7-6-12(2)13(3)10-16/h6-10,18H,1-5H3. The molecule has 3 nitrogen and oxygen atoms in total. The number of sulfonamides is 1. The molecule has 2 aromatic rings. The van der Waals surface area contributed by atoms with Gasteiger partial charge in [0.2, 0.25) is 0 Å². The van der Waals surface area contributed by atoms with Crippen LogP contribution in [0, 0.1) is 34.6 Å². The maximum Gasteiger partial charge on any atom is 0.261 e. The zero-order chi connectivity index (χ0) is 15.8. The van der Waals surface area contributed by atoms with Crippen molar-refractivity contribution >= 4 is 15.7 Å². The Labute approximate surface area is 127 Å². The molecule has 4 heteroatoms. The van der Waals surface area contributed by atoms with E-state index in [2.05, 4.69) is 4.72 Å². The van der Waals surface area contributed by atoms with Gasteiger partial charge in [-0.3, -0.25) is 4.72 Å². The van der Waals surface area contributed by atoms with Crippen molar-refractivity contribution in [2.24, 2.45) is 0 Å². The van der Waals surface area contributed by atoms with E-state index in [4.69, 9.17) is 0 Å². The van der Waals surface area contributed by atoms with E-state index in [9.17, 15) is 8.42 Å². The summed E-state index contributed by atoms with van der Waals surface area (Å²) in [5, 5.41) is 0. The average molecular weight is 303 g/mol. The minimum atomic E-state index is -3.56. The molecule has 0 saturated carbocycles. The van der Waals surface area contributed by atoms with Crippen molar-refractivity contribution in [3.63, 3.8) is 0 Å². The summed E-state index contributed by atoms with van der Waals surface area (Å²) in [6.07, 6.45) is 0. The summed E-state index contributed by atoms with van der Waals surface area (Å²) in [4.78, 5) is 0.296. The number of benzene rings is 2. The normalized spacial score (nSPS) is 11.5. The predicted octanol–water partition coefficient (Wildman–Crippen LogP) is 4.03. The Bertz CT molecular complexity index is 769. The molecule has 0 heterocycles. The van der Waals surface area contributed by atoms with Crippen molar-refractivity contribution in [3.8, 4) is 0 Å². The smallest absolute Gasteiger partial charge is 0.261 e. The third-order valence-corrected chi connectivity index (χ3v) is 5.05. The molecule has 2 rings (SSSR count). The summed E-state index contributed by atoms with van der Waals surface area (Å²) >= 11 is 0. The zero-order valence-electron chi connectivity index (χ0n) is 13.1. The fourth-order valence-electron chi connectivity index (χ4n) is 2.42. The molecule has 0 aliphatic rings.